The molecule has 3 rings (SSSR count). The van der Waals surface area contributed by atoms with Crippen LogP contribution in [0.15, 0.2) is 54.6 Å². The number of amides is 1. The minimum Gasteiger partial charge on any atom is -0.449 e. The van der Waals surface area contributed by atoms with Crippen molar-refractivity contribution in [2.24, 2.45) is 0 Å². The number of aromatic nitrogens is 1. The van der Waals surface area contributed by atoms with E-state index in [0.717, 1.165) is 5.69 Å². The molecule has 0 aliphatic heterocycles. The van der Waals surface area contributed by atoms with E-state index in [0.29, 0.717) is 22.2 Å². The molecule has 5 nitrogen and oxygen atoms in total. The zero-order valence-corrected chi connectivity index (χ0v) is 15.9. The van der Waals surface area contributed by atoms with Crippen LogP contribution in [-0.4, -0.2) is 23.0 Å². The van der Waals surface area contributed by atoms with Crippen molar-refractivity contribution in [3.8, 4) is 0 Å². The van der Waals surface area contributed by atoms with E-state index < -0.39 is 23.8 Å². The quantitative estimate of drug-likeness (QED) is 0.653. The second kappa shape index (κ2) is 8.17. The van der Waals surface area contributed by atoms with Crippen LogP contribution in [0.2, 0.25) is 0 Å². The second-order valence-corrected chi connectivity index (χ2v) is 6.81. The summed E-state index contributed by atoms with van der Waals surface area (Å²) in [7, 11) is 0. The van der Waals surface area contributed by atoms with E-state index in [1.54, 1.807) is 18.2 Å². The molecule has 1 heterocycles. The first-order chi connectivity index (χ1) is 13.3. The van der Waals surface area contributed by atoms with E-state index >= 15 is 0 Å². The van der Waals surface area contributed by atoms with Crippen LogP contribution in [-0.2, 0) is 9.53 Å². The number of hydrogen-bond acceptors (Lipinski definition) is 4. The Labute approximate surface area is 162 Å². The van der Waals surface area contributed by atoms with Gasteiger partial charge in [-0.05, 0) is 43.2 Å². The first kappa shape index (κ1) is 19.5. The van der Waals surface area contributed by atoms with Crippen molar-refractivity contribution in [1.82, 2.24) is 4.98 Å². The minimum absolute atomic E-state index is 0.129. The summed E-state index contributed by atoms with van der Waals surface area (Å²) < 4.78 is 18.6. The fourth-order valence-corrected chi connectivity index (χ4v) is 2.75. The molecular weight excluding hydrogens is 359 g/mol. The smallest absolute Gasteiger partial charge is 0.339 e. The van der Waals surface area contributed by atoms with Crippen LogP contribution in [0, 0.1) is 5.82 Å². The molecule has 1 unspecified atom stereocenters. The van der Waals surface area contributed by atoms with Gasteiger partial charge in [-0.1, -0.05) is 38.1 Å². The highest BCUT2D eigenvalue weighted by Gasteiger charge is 2.22. The molecule has 0 spiro atoms. The van der Waals surface area contributed by atoms with Crippen LogP contribution in [0.3, 0.4) is 0 Å². The number of nitrogens with zero attached hydrogens (tertiary/aromatic N) is 1. The van der Waals surface area contributed by atoms with E-state index in [9.17, 15) is 14.0 Å². The number of benzene rings is 2. The summed E-state index contributed by atoms with van der Waals surface area (Å²) in [4.78, 5) is 29.6. The number of carbonyl (C=O) groups is 2. The van der Waals surface area contributed by atoms with Gasteiger partial charge in [0, 0.05) is 16.8 Å². The molecule has 28 heavy (non-hydrogen) atoms. The maximum absolute atomic E-state index is 13.3. The summed E-state index contributed by atoms with van der Waals surface area (Å²) in [5.74, 6) is -1.49. The van der Waals surface area contributed by atoms with Gasteiger partial charge in [0.05, 0.1) is 11.1 Å². The Hall–Kier alpha value is -3.28. The second-order valence-electron chi connectivity index (χ2n) is 6.81. The number of anilines is 1. The Morgan fingerprint density at radius 1 is 1.04 bits per heavy atom. The molecule has 3 aromatic rings. The lowest BCUT2D eigenvalue weighted by Gasteiger charge is -2.15. The lowest BCUT2D eigenvalue weighted by atomic mass is 10.0. The largest absolute Gasteiger partial charge is 0.449 e. The van der Waals surface area contributed by atoms with E-state index in [2.05, 4.69) is 10.3 Å². The maximum Gasteiger partial charge on any atom is 0.339 e. The molecule has 144 valence electrons. The van der Waals surface area contributed by atoms with Gasteiger partial charge < -0.3 is 10.1 Å². The van der Waals surface area contributed by atoms with E-state index in [1.165, 1.54) is 25.1 Å². The number of carbonyl (C=O) groups excluding carboxylic acids is 2. The summed E-state index contributed by atoms with van der Waals surface area (Å²) in [6.45, 7) is 5.45. The zero-order valence-electron chi connectivity index (χ0n) is 15.9. The fraction of sp³-hybridized carbons (Fsp3) is 0.227. The Morgan fingerprint density at radius 2 is 1.79 bits per heavy atom. The molecule has 0 aliphatic rings. The van der Waals surface area contributed by atoms with Crippen LogP contribution >= 0.6 is 0 Å². The van der Waals surface area contributed by atoms with E-state index in [-0.39, 0.29) is 5.92 Å². The number of esters is 1. The Morgan fingerprint density at radius 3 is 2.50 bits per heavy atom. The SMILES string of the molecule is CC(OC(=O)c1cc(C(C)C)nc2ccccc12)C(=O)Nc1cccc(F)c1. The Bertz CT molecular complexity index is 1030. The standard InChI is InChI=1S/C22H21FN2O3/c1-13(2)20-12-18(17-9-4-5-10-19(17)25-20)22(27)28-14(3)21(26)24-16-8-6-7-15(23)11-16/h4-14H,1-3H3,(H,24,26). The molecule has 0 bridgehead atoms. The molecule has 0 fully saturated rings. The summed E-state index contributed by atoms with van der Waals surface area (Å²) in [5, 5.41) is 3.20. The number of pyridine rings is 1. The van der Waals surface area contributed by atoms with Crippen molar-refractivity contribution in [1.29, 1.82) is 0 Å². The number of nitrogens with one attached hydrogen (secondary N) is 1. The predicted octanol–water partition coefficient (Wildman–Crippen LogP) is 4.68. The lowest BCUT2D eigenvalue weighted by molar-refractivity contribution is -0.123. The number of hydrogen-bond donors (Lipinski definition) is 1. The first-order valence-corrected chi connectivity index (χ1v) is 9.02. The molecule has 0 saturated heterocycles. The summed E-state index contributed by atoms with van der Waals surface area (Å²) in [6, 6.07) is 14.5. The van der Waals surface area contributed by atoms with Crippen molar-refractivity contribution in [2.45, 2.75) is 32.8 Å². The van der Waals surface area contributed by atoms with E-state index in [1.807, 2.05) is 32.0 Å². The maximum atomic E-state index is 13.3. The molecule has 6 heteroatoms. The van der Waals surface area contributed by atoms with Crippen LogP contribution in [0.4, 0.5) is 10.1 Å². The van der Waals surface area contributed by atoms with Gasteiger partial charge in [0.1, 0.15) is 5.82 Å². The first-order valence-electron chi connectivity index (χ1n) is 9.02. The van der Waals surface area contributed by atoms with E-state index in [4.69, 9.17) is 4.74 Å². The molecule has 1 atom stereocenters. The molecule has 2 aromatic carbocycles. The monoisotopic (exact) mass is 380 g/mol. The lowest BCUT2D eigenvalue weighted by Crippen LogP contribution is -2.30. The third kappa shape index (κ3) is 4.34. The number of ether oxygens (including phenoxy) is 1. The highest BCUT2D eigenvalue weighted by Crippen LogP contribution is 2.23. The number of para-hydroxylation sites is 1. The van der Waals surface area contributed by atoms with Crippen LogP contribution < -0.4 is 5.32 Å². The van der Waals surface area contributed by atoms with Gasteiger partial charge in [0.15, 0.2) is 6.10 Å². The van der Waals surface area contributed by atoms with Crippen LogP contribution in [0.1, 0.15) is 42.7 Å². The van der Waals surface area contributed by atoms with Crippen LogP contribution in [0.25, 0.3) is 10.9 Å². The van der Waals surface area contributed by atoms with Gasteiger partial charge in [0.25, 0.3) is 5.91 Å². The fourth-order valence-electron chi connectivity index (χ4n) is 2.75. The van der Waals surface area contributed by atoms with Crippen molar-refractivity contribution in [3.63, 3.8) is 0 Å². The topological polar surface area (TPSA) is 68.3 Å². The van der Waals surface area contributed by atoms with Crippen molar-refractivity contribution >= 4 is 28.5 Å². The van der Waals surface area contributed by atoms with Gasteiger partial charge in [-0.15, -0.1) is 0 Å². The molecule has 0 aliphatic carbocycles. The van der Waals surface area contributed by atoms with Gasteiger partial charge in [0.2, 0.25) is 0 Å². The van der Waals surface area contributed by atoms with Gasteiger partial charge in [-0.2, -0.15) is 0 Å². The highest BCUT2D eigenvalue weighted by atomic mass is 19.1. The Balaban J connectivity index is 1.81. The summed E-state index contributed by atoms with van der Waals surface area (Å²) >= 11 is 0. The molecular formula is C22H21FN2O3. The molecule has 1 N–H and O–H groups in total. The highest BCUT2D eigenvalue weighted by molar-refractivity contribution is 6.05. The average Bonchev–Trinajstić information content (AvgIpc) is 2.66. The van der Waals surface area contributed by atoms with Gasteiger partial charge >= 0.3 is 5.97 Å². The zero-order chi connectivity index (χ0) is 20.3. The van der Waals surface area contributed by atoms with Gasteiger partial charge in [-0.25, -0.2) is 9.18 Å². The predicted molar refractivity (Wildman–Crippen MR) is 106 cm³/mol. The molecule has 0 saturated carbocycles. The molecule has 0 radical (unpaired) electrons. The number of rotatable bonds is 5. The number of fused-ring (bicyclic) bond motifs is 1. The summed E-state index contributed by atoms with van der Waals surface area (Å²) in [5.41, 5.74) is 2.11. The third-order valence-corrected chi connectivity index (χ3v) is 4.29. The minimum atomic E-state index is -1.05. The molecule has 1 amide bonds. The number of halogens is 1. The normalized spacial score (nSPS) is 12.0. The molecule has 1 aromatic heterocycles. The Kier molecular flexibility index (Phi) is 5.68. The summed E-state index contributed by atoms with van der Waals surface area (Å²) in [6.07, 6.45) is -1.05. The average molecular weight is 380 g/mol. The van der Waals surface area contributed by atoms with Crippen LogP contribution in [0.5, 0.6) is 0 Å². The van der Waals surface area contributed by atoms with Crippen molar-refractivity contribution < 1.29 is 18.7 Å². The third-order valence-electron chi connectivity index (χ3n) is 4.29. The van der Waals surface area contributed by atoms with Crippen molar-refractivity contribution in [3.05, 3.63) is 71.7 Å². The van der Waals surface area contributed by atoms with Gasteiger partial charge in [-0.3, -0.25) is 9.78 Å². The van der Waals surface area contributed by atoms with Crippen molar-refractivity contribution in [2.75, 3.05) is 5.32 Å².